The van der Waals surface area contributed by atoms with Gasteiger partial charge in [-0.05, 0) is 68.3 Å². The Hall–Kier alpha value is -2.41. The Kier molecular flexibility index (Phi) is 9.30. The molecule has 0 spiro atoms. The minimum absolute atomic E-state index is 0.276. The molecule has 6 heteroatoms. The zero-order valence-corrected chi connectivity index (χ0v) is 20.7. The maximum atomic E-state index is 13.4. The van der Waals surface area contributed by atoms with Gasteiger partial charge >= 0.3 is 0 Å². The number of aryl methyl sites for hydroxylation is 1. The highest BCUT2D eigenvalue weighted by atomic mass is 32.2. The van der Waals surface area contributed by atoms with E-state index in [2.05, 4.69) is 23.9 Å². The van der Waals surface area contributed by atoms with Gasteiger partial charge in [-0.3, -0.25) is 0 Å². The molecular weight excluding hydrogens is 432 g/mol. The van der Waals surface area contributed by atoms with E-state index in [1.165, 1.54) is 0 Å². The molecule has 0 aromatic heterocycles. The Balaban J connectivity index is 1.75. The van der Waals surface area contributed by atoms with Gasteiger partial charge in [-0.15, -0.1) is 0 Å². The van der Waals surface area contributed by atoms with Crippen LogP contribution >= 0.6 is 0 Å². The standard InChI is InChI=1S/C27H36N2O3S/c1-4-22(5-2)28-19-11-12-23(20-32-24-13-7-6-8-14-24)29-33(30,31)27-18-17-21(3)25-15-9-10-16-26(25)27/h6-10,13-18,22-23,28-29H,4-5,11-12,19-20H2,1-3H3/t23-/m0/s1. The van der Waals surface area contributed by atoms with Crippen LogP contribution in [0.25, 0.3) is 10.8 Å². The molecule has 0 bridgehead atoms. The van der Waals surface area contributed by atoms with Gasteiger partial charge in [0.25, 0.3) is 0 Å². The van der Waals surface area contributed by atoms with Gasteiger partial charge < -0.3 is 10.1 Å². The lowest BCUT2D eigenvalue weighted by Crippen LogP contribution is -2.40. The van der Waals surface area contributed by atoms with Crippen LogP contribution in [-0.2, 0) is 10.0 Å². The van der Waals surface area contributed by atoms with Crippen LogP contribution in [0, 0.1) is 6.92 Å². The van der Waals surface area contributed by atoms with Crippen LogP contribution < -0.4 is 14.8 Å². The highest BCUT2D eigenvalue weighted by Gasteiger charge is 2.23. The summed E-state index contributed by atoms with van der Waals surface area (Å²) in [5.74, 6) is 0.734. The molecule has 0 aliphatic heterocycles. The van der Waals surface area contributed by atoms with Crippen LogP contribution in [0.4, 0.5) is 0 Å². The minimum Gasteiger partial charge on any atom is -0.492 e. The van der Waals surface area contributed by atoms with Crippen molar-refractivity contribution in [2.24, 2.45) is 0 Å². The number of rotatable bonds is 13. The van der Waals surface area contributed by atoms with Gasteiger partial charge in [0.2, 0.25) is 10.0 Å². The molecule has 3 aromatic carbocycles. The quantitative estimate of drug-likeness (QED) is 0.328. The fraction of sp³-hybridized carbons (Fsp3) is 0.407. The Labute approximate surface area is 198 Å². The molecule has 0 saturated carbocycles. The number of benzene rings is 3. The van der Waals surface area contributed by atoms with Crippen molar-refractivity contribution in [2.75, 3.05) is 13.2 Å². The molecule has 3 rings (SSSR count). The second kappa shape index (κ2) is 12.2. The van der Waals surface area contributed by atoms with E-state index in [1.807, 2.05) is 67.6 Å². The topological polar surface area (TPSA) is 67.4 Å². The first-order chi connectivity index (χ1) is 15.9. The van der Waals surface area contributed by atoms with Gasteiger partial charge in [0.1, 0.15) is 12.4 Å². The SMILES string of the molecule is CCC(CC)NCCC[C@@H](COc1ccccc1)NS(=O)(=O)c1ccc(C)c2ccccc12. The number of fused-ring (bicyclic) bond motifs is 1. The highest BCUT2D eigenvalue weighted by Crippen LogP contribution is 2.26. The summed E-state index contributed by atoms with van der Waals surface area (Å²) in [5.41, 5.74) is 1.06. The van der Waals surface area contributed by atoms with E-state index in [0.717, 1.165) is 47.9 Å². The van der Waals surface area contributed by atoms with Crippen LogP contribution in [0.3, 0.4) is 0 Å². The maximum absolute atomic E-state index is 13.4. The van der Waals surface area contributed by atoms with Crippen molar-refractivity contribution in [1.82, 2.24) is 10.0 Å². The molecule has 3 aromatic rings. The second-order valence-electron chi connectivity index (χ2n) is 8.48. The minimum atomic E-state index is -3.72. The fourth-order valence-electron chi connectivity index (χ4n) is 4.06. The van der Waals surface area contributed by atoms with E-state index in [4.69, 9.17) is 4.74 Å². The van der Waals surface area contributed by atoms with E-state index >= 15 is 0 Å². The molecule has 1 atom stereocenters. The number of nitrogens with one attached hydrogen (secondary N) is 2. The molecule has 2 N–H and O–H groups in total. The zero-order valence-electron chi connectivity index (χ0n) is 19.9. The number of ether oxygens (including phenoxy) is 1. The summed E-state index contributed by atoms with van der Waals surface area (Å²) in [6, 6.07) is 20.9. The normalized spacial score (nSPS) is 12.8. The van der Waals surface area contributed by atoms with Crippen molar-refractivity contribution in [2.45, 2.75) is 63.4 Å². The summed E-state index contributed by atoms with van der Waals surface area (Å²) in [7, 11) is -3.72. The molecule has 33 heavy (non-hydrogen) atoms. The number of hydrogen-bond donors (Lipinski definition) is 2. The molecule has 0 aliphatic carbocycles. The van der Waals surface area contributed by atoms with Crippen molar-refractivity contribution in [3.8, 4) is 5.75 Å². The summed E-state index contributed by atoms with van der Waals surface area (Å²) < 4.78 is 35.7. The largest absolute Gasteiger partial charge is 0.492 e. The van der Waals surface area contributed by atoms with Crippen molar-refractivity contribution in [3.63, 3.8) is 0 Å². The first kappa shape index (κ1) is 25.2. The van der Waals surface area contributed by atoms with Crippen LogP contribution in [0.2, 0.25) is 0 Å². The molecule has 0 unspecified atom stereocenters. The molecule has 0 saturated heterocycles. The van der Waals surface area contributed by atoms with E-state index < -0.39 is 10.0 Å². The van der Waals surface area contributed by atoms with Crippen LogP contribution in [-0.4, -0.2) is 33.7 Å². The fourth-order valence-corrected chi connectivity index (χ4v) is 5.53. The Bertz CT molecular complexity index is 1110. The third-order valence-corrected chi connectivity index (χ3v) is 7.63. The van der Waals surface area contributed by atoms with E-state index in [-0.39, 0.29) is 12.6 Å². The number of hydrogen-bond acceptors (Lipinski definition) is 4. The molecule has 0 heterocycles. The lowest BCUT2D eigenvalue weighted by molar-refractivity contribution is 0.269. The summed E-state index contributed by atoms with van der Waals surface area (Å²) in [4.78, 5) is 0.309. The van der Waals surface area contributed by atoms with Gasteiger partial charge in [-0.2, -0.15) is 0 Å². The number of para-hydroxylation sites is 1. The van der Waals surface area contributed by atoms with E-state index in [1.54, 1.807) is 6.07 Å². The number of sulfonamides is 1. The van der Waals surface area contributed by atoms with E-state index in [0.29, 0.717) is 17.4 Å². The average Bonchev–Trinajstić information content (AvgIpc) is 2.83. The van der Waals surface area contributed by atoms with Gasteiger partial charge in [-0.25, -0.2) is 13.1 Å². The molecule has 0 amide bonds. The van der Waals surface area contributed by atoms with Gasteiger partial charge in [0.05, 0.1) is 10.9 Å². The van der Waals surface area contributed by atoms with Crippen LogP contribution in [0.5, 0.6) is 5.75 Å². The Morgan fingerprint density at radius 3 is 2.21 bits per heavy atom. The van der Waals surface area contributed by atoms with Crippen molar-refractivity contribution in [3.05, 3.63) is 72.3 Å². The lowest BCUT2D eigenvalue weighted by atomic mass is 10.1. The first-order valence-electron chi connectivity index (χ1n) is 11.9. The summed E-state index contributed by atoms with van der Waals surface area (Å²) in [6.07, 6.45) is 3.72. The predicted octanol–water partition coefficient (Wildman–Crippen LogP) is 5.43. The summed E-state index contributed by atoms with van der Waals surface area (Å²) in [6.45, 7) is 7.48. The monoisotopic (exact) mass is 468 g/mol. The van der Waals surface area contributed by atoms with Crippen molar-refractivity contribution in [1.29, 1.82) is 0 Å². The highest BCUT2D eigenvalue weighted by molar-refractivity contribution is 7.89. The maximum Gasteiger partial charge on any atom is 0.241 e. The lowest BCUT2D eigenvalue weighted by Gasteiger charge is -2.21. The zero-order chi connectivity index (χ0) is 23.7. The predicted molar refractivity (Wildman–Crippen MR) is 136 cm³/mol. The van der Waals surface area contributed by atoms with Gasteiger partial charge in [0, 0.05) is 11.4 Å². The van der Waals surface area contributed by atoms with Crippen molar-refractivity contribution >= 4 is 20.8 Å². The summed E-state index contributed by atoms with van der Waals surface area (Å²) >= 11 is 0. The molecular formula is C27H36N2O3S. The van der Waals surface area contributed by atoms with E-state index in [9.17, 15) is 8.42 Å². The third kappa shape index (κ3) is 7.03. The van der Waals surface area contributed by atoms with Crippen molar-refractivity contribution < 1.29 is 13.2 Å². The molecule has 178 valence electrons. The molecule has 0 radical (unpaired) electrons. The van der Waals surface area contributed by atoms with Crippen LogP contribution in [0.15, 0.2) is 71.6 Å². The first-order valence-corrected chi connectivity index (χ1v) is 13.3. The summed E-state index contributed by atoms with van der Waals surface area (Å²) in [5, 5.41) is 5.24. The second-order valence-corrected chi connectivity index (χ2v) is 10.2. The third-order valence-electron chi connectivity index (χ3n) is 6.06. The molecule has 0 fully saturated rings. The van der Waals surface area contributed by atoms with Gasteiger partial charge in [0.15, 0.2) is 0 Å². The molecule has 0 aliphatic rings. The Morgan fingerprint density at radius 2 is 1.52 bits per heavy atom. The Morgan fingerprint density at radius 1 is 0.848 bits per heavy atom. The smallest absolute Gasteiger partial charge is 0.241 e. The van der Waals surface area contributed by atoms with Gasteiger partial charge in [-0.1, -0.05) is 62.4 Å². The molecule has 5 nitrogen and oxygen atoms in total. The van der Waals surface area contributed by atoms with Crippen LogP contribution in [0.1, 0.15) is 45.1 Å². The average molecular weight is 469 g/mol.